The maximum Gasteiger partial charge on any atom is 0.318 e. The molecule has 1 aliphatic carbocycles. The first-order valence-corrected chi connectivity index (χ1v) is 10.2. The Hall–Kier alpha value is -2.82. The fourth-order valence-electron chi connectivity index (χ4n) is 4.15. The molecule has 3 aromatic rings. The molecule has 1 fully saturated rings. The summed E-state index contributed by atoms with van der Waals surface area (Å²) in [5.74, 6) is 0. The summed E-state index contributed by atoms with van der Waals surface area (Å²) < 4.78 is 2.02. The molecule has 0 saturated heterocycles. The van der Waals surface area contributed by atoms with Crippen molar-refractivity contribution in [2.75, 3.05) is 0 Å². The van der Waals surface area contributed by atoms with Gasteiger partial charge in [0.05, 0.1) is 18.4 Å². The van der Waals surface area contributed by atoms with Gasteiger partial charge < -0.3 is 14.6 Å². The van der Waals surface area contributed by atoms with Gasteiger partial charge in [-0.1, -0.05) is 55.2 Å². The van der Waals surface area contributed by atoms with E-state index in [0.717, 1.165) is 24.2 Å². The molecule has 1 saturated carbocycles. The SMILES string of the molecule is Cc1cccc(CN(C(=O)NCc2cnc3ccccn23)C2CCCCC2)c1. The van der Waals surface area contributed by atoms with Gasteiger partial charge in [-0.05, 0) is 37.5 Å². The molecule has 1 aliphatic rings. The normalized spacial score (nSPS) is 14.9. The highest BCUT2D eigenvalue weighted by Gasteiger charge is 2.25. The second-order valence-electron chi connectivity index (χ2n) is 7.75. The molecule has 0 bridgehead atoms. The summed E-state index contributed by atoms with van der Waals surface area (Å²) in [7, 11) is 0. The summed E-state index contributed by atoms with van der Waals surface area (Å²) >= 11 is 0. The molecule has 5 heteroatoms. The van der Waals surface area contributed by atoms with Crippen LogP contribution in [-0.4, -0.2) is 26.4 Å². The molecule has 0 atom stereocenters. The van der Waals surface area contributed by atoms with E-state index in [1.807, 2.05) is 39.9 Å². The van der Waals surface area contributed by atoms with Crippen LogP contribution in [0.25, 0.3) is 5.65 Å². The van der Waals surface area contributed by atoms with Gasteiger partial charge in [-0.3, -0.25) is 0 Å². The maximum atomic E-state index is 13.1. The fourth-order valence-corrected chi connectivity index (χ4v) is 4.15. The Balaban J connectivity index is 1.49. The van der Waals surface area contributed by atoms with Crippen LogP contribution in [-0.2, 0) is 13.1 Å². The molecular formula is C23H28N4O. The number of aryl methyl sites for hydroxylation is 1. The van der Waals surface area contributed by atoms with Gasteiger partial charge in [0.2, 0.25) is 0 Å². The number of hydrogen-bond acceptors (Lipinski definition) is 2. The number of aromatic nitrogens is 2. The molecule has 2 heterocycles. The number of carbonyl (C=O) groups excluding carboxylic acids is 1. The first kappa shape index (κ1) is 18.5. The number of rotatable bonds is 5. The molecule has 5 nitrogen and oxygen atoms in total. The van der Waals surface area contributed by atoms with Crippen LogP contribution in [0.15, 0.2) is 54.9 Å². The summed E-state index contributed by atoms with van der Waals surface area (Å²) in [6, 6.07) is 14.7. The van der Waals surface area contributed by atoms with Crippen molar-refractivity contribution in [1.29, 1.82) is 0 Å². The van der Waals surface area contributed by atoms with Crippen molar-refractivity contribution in [3.63, 3.8) is 0 Å². The van der Waals surface area contributed by atoms with Crippen molar-refractivity contribution in [2.45, 2.75) is 58.2 Å². The maximum absolute atomic E-state index is 13.1. The van der Waals surface area contributed by atoms with Crippen LogP contribution < -0.4 is 5.32 Å². The molecule has 0 unspecified atom stereocenters. The smallest absolute Gasteiger partial charge is 0.318 e. The number of benzene rings is 1. The highest BCUT2D eigenvalue weighted by Crippen LogP contribution is 2.24. The lowest BCUT2D eigenvalue weighted by Crippen LogP contribution is -2.46. The molecule has 0 spiro atoms. The quantitative estimate of drug-likeness (QED) is 0.702. The van der Waals surface area contributed by atoms with Crippen molar-refractivity contribution >= 4 is 11.7 Å². The number of nitrogens with one attached hydrogen (secondary N) is 1. The zero-order valence-corrected chi connectivity index (χ0v) is 16.5. The van der Waals surface area contributed by atoms with Crippen molar-refractivity contribution in [2.24, 2.45) is 0 Å². The van der Waals surface area contributed by atoms with Gasteiger partial charge in [0, 0.05) is 18.8 Å². The lowest BCUT2D eigenvalue weighted by Gasteiger charge is -2.34. The zero-order chi connectivity index (χ0) is 19.3. The van der Waals surface area contributed by atoms with E-state index in [2.05, 4.69) is 41.5 Å². The Morgan fingerprint density at radius 3 is 2.86 bits per heavy atom. The predicted molar refractivity (Wildman–Crippen MR) is 111 cm³/mol. The number of fused-ring (bicyclic) bond motifs is 1. The largest absolute Gasteiger partial charge is 0.332 e. The van der Waals surface area contributed by atoms with Gasteiger partial charge in [-0.25, -0.2) is 9.78 Å². The number of nitrogens with zero attached hydrogens (tertiary/aromatic N) is 3. The molecule has 146 valence electrons. The number of pyridine rings is 1. The van der Waals surface area contributed by atoms with Crippen molar-refractivity contribution in [1.82, 2.24) is 19.6 Å². The van der Waals surface area contributed by atoms with Crippen molar-refractivity contribution in [3.8, 4) is 0 Å². The minimum Gasteiger partial charge on any atom is -0.332 e. The summed E-state index contributed by atoms with van der Waals surface area (Å²) in [5.41, 5.74) is 4.31. The van der Waals surface area contributed by atoms with Crippen LogP contribution in [0.1, 0.15) is 48.9 Å². The molecule has 2 aromatic heterocycles. The summed E-state index contributed by atoms with van der Waals surface area (Å²) in [6.07, 6.45) is 9.68. The Labute approximate surface area is 166 Å². The molecule has 4 rings (SSSR count). The third-order valence-electron chi connectivity index (χ3n) is 5.63. The van der Waals surface area contributed by atoms with Crippen molar-refractivity contribution in [3.05, 3.63) is 71.7 Å². The van der Waals surface area contributed by atoms with Gasteiger partial charge in [-0.2, -0.15) is 0 Å². The van der Waals surface area contributed by atoms with Crippen LogP contribution in [0.2, 0.25) is 0 Å². The van der Waals surface area contributed by atoms with Gasteiger partial charge in [0.15, 0.2) is 0 Å². The summed E-state index contributed by atoms with van der Waals surface area (Å²) in [6.45, 7) is 3.23. The van der Waals surface area contributed by atoms with Gasteiger partial charge >= 0.3 is 6.03 Å². The van der Waals surface area contributed by atoms with Crippen molar-refractivity contribution < 1.29 is 4.79 Å². The standard InChI is InChI=1S/C23H28N4O/c1-18-8-7-9-19(14-18)17-27(20-10-3-2-4-11-20)23(28)25-16-21-15-24-22-12-5-6-13-26(21)22/h5-9,12-15,20H,2-4,10-11,16-17H2,1H3,(H,25,28). The highest BCUT2D eigenvalue weighted by atomic mass is 16.2. The van der Waals surface area contributed by atoms with Gasteiger partial charge in [0.25, 0.3) is 0 Å². The van der Waals surface area contributed by atoms with Gasteiger partial charge in [0.1, 0.15) is 5.65 Å². The Morgan fingerprint density at radius 2 is 2.04 bits per heavy atom. The topological polar surface area (TPSA) is 49.6 Å². The lowest BCUT2D eigenvalue weighted by molar-refractivity contribution is 0.150. The van der Waals surface area contributed by atoms with Gasteiger partial charge in [-0.15, -0.1) is 0 Å². The van der Waals surface area contributed by atoms with E-state index >= 15 is 0 Å². The fraction of sp³-hybridized carbons (Fsp3) is 0.391. The minimum atomic E-state index is 0.0132. The Kier molecular flexibility index (Phi) is 5.60. The second-order valence-corrected chi connectivity index (χ2v) is 7.75. The summed E-state index contributed by atoms with van der Waals surface area (Å²) in [4.78, 5) is 19.6. The lowest BCUT2D eigenvalue weighted by atomic mass is 9.94. The number of carbonyl (C=O) groups is 1. The number of amides is 2. The highest BCUT2D eigenvalue weighted by molar-refractivity contribution is 5.74. The van der Waals surface area contributed by atoms with E-state index in [4.69, 9.17) is 0 Å². The predicted octanol–water partition coefficient (Wildman–Crippen LogP) is 4.69. The number of urea groups is 1. The molecule has 0 radical (unpaired) electrons. The average molecular weight is 377 g/mol. The van der Waals surface area contributed by atoms with E-state index in [1.54, 1.807) is 0 Å². The monoisotopic (exact) mass is 376 g/mol. The third kappa shape index (κ3) is 4.19. The first-order valence-electron chi connectivity index (χ1n) is 10.2. The van der Waals surface area contributed by atoms with Crippen LogP contribution >= 0.6 is 0 Å². The third-order valence-corrected chi connectivity index (χ3v) is 5.63. The zero-order valence-electron chi connectivity index (χ0n) is 16.5. The van der Waals surface area contributed by atoms with E-state index in [-0.39, 0.29) is 6.03 Å². The molecule has 28 heavy (non-hydrogen) atoms. The average Bonchev–Trinajstić information content (AvgIpc) is 3.14. The summed E-state index contributed by atoms with van der Waals surface area (Å²) in [5, 5.41) is 3.14. The van der Waals surface area contributed by atoms with E-state index < -0.39 is 0 Å². The van der Waals surface area contributed by atoms with Crippen LogP contribution in [0.3, 0.4) is 0 Å². The Morgan fingerprint density at radius 1 is 1.18 bits per heavy atom. The van der Waals surface area contributed by atoms with Crippen LogP contribution in [0.5, 0.6) is 0 Å². The molecule has 0 aliphatic heterocycles. The second kappa shape index (κ2) is 8.46. The number of hydrogen-bond donors (Lipinski definition) is 1. The molecule has 1 N–H and O–H groups in total. The Bertz CT molecular complexity index is 942. The number of imidazole rings is 1. The minimum absolute atomic E-state index is 0.0132. The van der Waals surface area contributed by atoms with Crippen LogP contribution in [0, 0.1) is 6.92 Å². The van der Waals surface area contributed by atoms with E-state index in [1.165, 1.54) is 30.4 Å². The molecule has 1 aromatic carbocycles. The molecular weight excluding hydrogens is 348 g/mol. The molecule has 2 amide bonds. The van der Waals surface area contributed by atoms with E-state index in [0.29, 0.717) is 19.1 Å². The van der Waals surface area contributed by atoms with E-state index in [9.17, 15) is 4.79 Å². The van der Waals surface area contributed by atoms with Crippen LogP contribution in [0.4, 0.5) is 4.79 Å². The first-order chi connectivity index (χ1) is 13.7.